The first-order valence-corrected chi connectivity index (χ1v) is 6.16. The second-order valence-electron chi connectivity index (χ2n) is 4.23. The molecule has 1 rings (SSSR count). The fourth-order valence-electron chi connectivity index (χ4n) is 1.68. The molecular formula is C13H19ClFN. The van der Waals surface area contributed by atoms with Crippen LogP contribution in [-0.2, 0) is 6.42 Å². The average molecular weight is 244 g/mol. The molecule has 90 valence electrons. The Morgan fingerprint density at radius 2 is 2.19 bits per heavy atom. The van der Waals surface area contributed by atoms with Gasteiger partial charge in [-0.2, -0.15) is 0 Å². The van der Waals surface area contributed by atoms with Crippen molar-refractivity contribution < 1.29 is 4.39 Å². The van der Waals surface area contributed by atoms with E-state index in [9.17, 15) is 4.39 Å². The Hall–Kier alpha value is -0.600. The first kappa shape index (κ1) is 13.5. The van der Waals surface area contributed by atoms with Crippen LogP contribution in [0, 0.1) is 11.7 Å². The molecule has 16 heavy (non-hydrogen) atoms. The smallest absolute Gasteiger partial charge is 0.142 e. The maximum absolute atomic E-state index is 13.2. The summed E-state index contributed by atoms with van der Waals surface area (Å²) in [6, 6.07) is 5.00. The van der Waals surface area contributed by atoms with Gasteiger partial charge < -0.3 is 5.32 Å². The Morgan fingerprint density at radius 1 is 1.44 bits per heavy atom. The highest BCUT2D eigenvalue weighted by atomic mass is 35.5. The van der Waals surface area contributed by atoms with Gasteiger partial charge in [0.25, 0.3) is 0 Å². The van der Waals surface area contributed by atoms with Crippen molar-refractivity contribution in [1.29, 1.82) is 0 Å². The van der Waals surface area contributed by atoms with Crippen LogP contribution >= 0.6 is 11.6 Å². The van der Waals surface area contributed by atoms with Crippen molar-refractivity contribution >= 4 is 11.6 Å². The molecule has 0 fully saturated rings. The predicted molar refractivity (Wildman–Crippen MR) is 67.4 cm³/mol. The highest BCUT2D eigenvalue weighted by molar-refractivity contribution is 6.31. The van der Waals surface area contributed by atoms with Crippen LogP contribution in [0.25, 0.3) is 0 Å². The van der Waals surface area contributed by atoms with E-state index >= 15 is 0 Å². The summed E-state index contributed by atoms with van der Waals surface area (Å²) in [5, 5.41) is 3.62. The largest absolute Gasteiger partial charge is 0.316 e. The molecule has 0 aliphatic carbocycles. The van der Waals surface area contributed by atoms with Gasteiger partial charge in [-0.3, -0.25) is 0 Å². The summed E-state index contributed by atoms with van der Waals surface area (Å²) in [4.78, 5) is 0. The fraction of sp³-hybridized carbons (Fsp3) is 0.538. The molecule has 1 aromatic carbocycles. The second kappa shape index (κ2) is 6.87. The zero-order valence-corrected chi connectivity index (χ0v) is 10.6. The average Bonchev–Trinajstić information content (AvgIpc) is 2.25. The van der Waals surface area contributed by atoms with E-state index in [1.807, 2.05) is 6.07 Å². The molecule has 0 saturated carbocycles. The van der Waals surface area contributed by atoms with E-state index in [4.69, 9.17) is 11.6 Å². The number of nitrogens with one attached hydrogen (secondary N) is 1. The van der Waals surface area contributed by atoms with E-state index in [0.717, 1.165) is 31.5 Å². The molecular weight excluding hydrogens is 225 g/mol. The Kier molecular flexibility index (Phi) is 5.78. The van der Waals surface area contributed by atoms with Gasteiger partial charge in [-0.15, -0.1) is 0 Å². The molecule has 1 nitrogen and oxygen atoms in total. The fourth-order valence-corrected chi connectivity index (χ4v) is 1.88. The number of rotatable bonds is 6. The normalized spacial score (nSPS) is 12.8. The number of hydrogen-bond acceptors (Lipinski definition) is 1. The van der Waals surface area contributed by atoms with E-state index in [-0.39, 0.29) is 10.8 Å². The van der Waals surface area contributed by atoms with Crippen LogP contribution < -0.4 is 5.32 Å². The van der Waals surface area contributed by atoms with Gasteiger partial charge in [-0.1, -0.05) is 37.6 Å². The van der Waals surface area contributed by atoms with Gasteiger partial charge in [-0.05, 0) is 43.5 Å². The van der Waals surface area contributed by atoms with E-state index in [1.54, 1.807) is 6.07 Å². The summed E-state index contributed by atoms with van der Waals surface area (Å²) >= 11 is 5.90. The van der Waals surface area contributed by atoms with Crippen LogP contribution in [0.2, 0.25) is 5.02 Å². The molecule has 3 heteroatoms. The summed E-state index contributed by atoms with van der Waals surface area (Å²) in [5.74, 6) is 0.138. The molecule has 0 aliphatic heterocycles. The quantitative estimate of drug-likeness (QED) is 0.752. The van der Waals surface area contributed by atoms with Crippen molar-refractivity contribution in [1.82, 2.24) is 5.32 Å². The first-order valence-electron chi connectivity index (χ1n) is 5.78. The lowest BCUT2D eigenvalue weighted by Crippen LogP contribution is -2.23. The van der Waals surface area contributed by atoms with Gasteiger partial charge in [-0.25, -0.2) is 4.39 Å². The topological polar surface area (TPSA) is 12.0 Å². The zero-order chi connectivity index (χ0) is 12.0. The third-order valence-electron chi connectivity index (χ3n) is 2.52. The Balaban J connectivity index is 2.49. The molecule has 0 amide bonds. The molecule has 0 heterocycles. The molecule has 0 spiro atoms. The highest BCUT2D eigenvalue weighted by Crippen LogP contribution is 2.22. The van der Waals surface area contributed by atoms with Crippen molar-refractivity contribution in [2.24, 2.45) is 5.92 Å². The van der Waals surface area contributed by atoms with Crippen molar-refractivity contribution in [3.05, 3.63) is 34.6 Å². The van der Waals surface area contributed by atoms with Crippen LogP contribution in [0.4, 0.5) is 4.39 Å². The van der Waals surface area contributed by atoms with Crippen LogP contribution in [0.5, 0.6) is 0 Å². The molecule has 0 aliphatic rings. The van der Waals surface area contributed by atoms with E-state index < -0.39 is 0 Å². The van der Waals surface area contributed by atoms with Crippen LogP contribution in [0.15, 0.2) is 18.2 Å². The Bertz CT molecular complexity index is 328. The molecule has 0 aromatic heterocycles. The third kappa shape index (κ3) is 4.11. The molecule has 1 atom stereocenters. The summed E-state index contributed by atoms with van der Waals surface area (Å²) in [5.41, 5.74) is 0.896. The van der Waals surface area contributed by atoms with Gasteiger partial charge in [0.2, 0.25) is 0 Å². The minimum atomic E-state index is -0.326. The lowest BCUT2D eigenvalue weighted by Gasteiger charge is -2.13. The summed E-state index contributed by atoms with van der Waals surface area (Å²) < 4.78 is 13.2. The van der Waals surface area contributed by atoms with Crippen LogP contribution in [0.3, 0.4) is 0 Å². The van der Waals surface area contributed by atoms with Crippen LogP contribution in [-0.4, -0.2) is 13.1 Å². The summed E-state index contributed by atoms with van der Waals surface area (Å²) in [6.45, 7) is 6.26. The molecule has 1 aromatic rings. The van der Waals surface area contributed by atoms with Crippen molar-refractivity contribution in [2.45, 2.75) is 26.7 Å². The van der Waals surface area contributed by atoms with Crippen LogP contribution in [0.1, 0.15) is 25.8 Å². The van der Waals surface area contributed by atoms with Crippen molar-refractivity contribution in [3.63, 3.8) is 0 Å². The Labute approximate surface area is 102 Å². The molecule has 1 unspecified atom stereocenters. The highest BCUT2D eigenvalue weighted by Gasteiger charge is 2.09. The lowest BCUT2D eigenvalue weighted by atomic mass is 10.0. The zero-order valence-electron chi connectivity index (χ0n) is 9.89. The van der Waals surface area contributed by atoms with E-state index in [1.165, 1.54) is 6.07 Å². The maximum Gasteiger partial charge on any atom is 0.142 e. The van der Waals surface area contributed by atoms with E-state index in [2.05, 4.69) is 19.2 Å². The monoisotopic (exact) mass is 243 g/mol. The third-order valence-corrected chi connectivity index (χ3v) is 2.94. The minimum Gasteiger partial charge on any atom is -0.316 e. The van der Waals surface area contributed by atoms with E-state index in [0.29, 0.717) is 5.92 Å². The van der Waals surface area contributed by atoms with Gasteiger partial charge in [0, 0.05) is 0 Å². The standard InChI is InChI=1S/C13H19ClFN/c1-3-7-16-9-10(2)8-11-5-4-6-12(15)13(11)14/h4-6,10,16H,3,7-9H2,1-2H3. The number of hydrogen-bond donors (Lipinski definition) is 1. The molecule has 1 N–H and O–H groups in total. The second-order valence-corrected chi connectivity index (χ2v) is 4.60. The van der Waals surface area contributed by atoms with Gasteiger partial charge >= 0.3 is 0 Å². The molecule has 0 saturated heterocycles. The number of benzene rings is 1. The minimum absolute atomic E-state index is 0.268. The van der Waals surface area contributed by atoms with Gasteiger partial charge in [0.1, 0.15) is 5.82 Å². The number of halogens is 2. The van der Waals surface area contributed by atoms with Gasteiger partial charge in [0.05, 0.1) is 5.02 Å². The molecule has 0 bridgehead atoms. The SMILES string of the molecule is CCCNCC(C)Cc1cccc(F)c1Cl. The maximum atomic E-state index is 13.2. The molecule has 0 radical (unpaired) electrons. The van der Waals surface area contributed by atoms with Gasteiger partial charge in [0.15, 0.2) is 0 Å². The summed E-state index contributed by atoms with van der Waals surface area (Å²) in [7, 11) is 0. The Morgan fingerprint density at radius 3 is 2.88 bits per heavy atom. The first-order chi connectivity index (χ1) is 7.65. The lowest BCUT2D eigenvalue weighted by molar-refractivity contribution is 0.509. The van der Waals surface area contributed by atoms with Crippen molar-refractivity contribution in [2.75, 3.05) is 13.1 Å². The predicted octanol–water partition coefficient (Wildman–Crippen LogP) is 3.66. The van der Waals surface area contributed by atoms with Crippen molar-refractivity contribution in [3.8, 4) is 0 Å². The summed E-state index contributed by atoms with van der Waals surface area (Å²) in [6.07, 6.45) is 1.95.